The molecule has 0 atom stereocenters. The van der Waals surface area contributed by atoms with E-state index < -0.39 is 11.4 Å². The molecule has 7 heteroatoms. The van der Waals surface area contributed by atoms with Crippen LogP contribution in [0.5, 0.6) is 0 Å². The Labute approximate surface area is 121 Å². The molecule has 0 amide bonds. The summed E-state index contributed by atoms with van der Waals surface area (Å²) in [6.45, 7) is 0. The number of benzene rings is 1. The van der Waals surface area contributed by atoms with Crippen LogP contribution in [0, 0.1) is 0 Å². The minimum Gasteiger partial charge on any atom is -0.464 e. The van der Waals surface area contributed by atoms with Gasteiger partial charge in [0.25, 0.3) is 0 Å². The van der Waals surface area contributed by atoms with Crippen LogP contribution in [-0.4, -0.2) is 22.9 Å². The molecule has 0 unspecified atom stereocenters. The SMILES string of the molecule is COC(=O)c1nn(-c2ccc(Cl)cc2Br)ccc1=O. The summed E-state index contributed by atoms with van der Waals surface area (Å²) in [6, 6.07) is 6.33. The van der Waals surface area contributed by atoms with Crippen molar-refractivity contribution in [2.24, 2.45) is 0 Å². The highest BCUT2D eigenvalue weighted by Gasteiger charge is 2.14. The zero-order chi connectivity index (χ0) is 14.0. The number of methoxy groups -OCH3 is 1. The van der Waals surface area contributed by atoms with Gasteiger partial charge in [-0.05, 0) is 34.1 Å². The molecule has 0 radical (unpaired) electrons. The molecule has 0 aliphatic rings. The van der Waals surface area contributed by atoms with Crippen molar-refractivity contribution in [3.63, 3.8) is 0 Å². The number of hydrogen-bond acceptors (Lipinski definition) is 4. The van der Waals surface area contributed by atoms with Gasteiger partial charge in [-0.2, -0.15) is 5.10 Å². The lowest BCUT2D eigenvalue weighted by molar-refractivity contribution is 0.0590. The smallest absolute Gasteiger partial charge is 0.362 e. The maximum Gasteiger partial charge on any atom is 0.362 e. The van der Waals surface area contributed by atoms with Gasteiger partial charge < -0.3 is 4.74 Å². The Bertz CT molecular complexity index is 700. The van der Waals surface area contributed by atoms with Crippen molar-refractivity contribution in [1.29, 1.82) is 0 Å². The number of hydrogen-bond donors (Lipinski definition) is 0. The molecule has 0 saturated heterocycles. The van der Waals surface area contributed by atoms with Crippen molar-refractivity contribution in [2.75, 3.05) is 7.11 Å². The topological polar surface area (TPSA) is 61.2 Å². The first-order valence-corrected chi connectivity index (χ1v) is 6.34. The lowest BCUT2D eigenvalue weighted by Crippen LogP contribution is -2.21. The van der Waals surface area contributed by atoms with E-state index in [0.29, 0.717) is 15.2 Å². The highest BCUT2D eigenvalue weighted by molar-refractivity contribution is 9.10. The molecule has 5 nitrogen and oxygen atoms in total. The summed E-state index contributed by atoms with van der Waals surface area (Å²) in [6.07, 6.45) is 1.46. The van der Waals surface area contributed by atoms with Gasteiger partial charge in [0.15, 0.2) is 0 Å². The Hall–Kier alpha value is -1.66. The molecule has 19 heavy (non-hydrogen) atoms. The maximum atomic E-state index is 11.5. The Morgan fingerprint density at radius 2 is 2.16 bits per heavy atom. The largest absolute Gasteiger partial charge is 0.464 e. The van der Waals surface area contributed by atoms with Gasteiger partial charge in [0.1, 0.15) is 0 Å². The maximum absolute atomic E-state index is 11.5. The number of rotatable bonds is 2. The number of carbonyl (C=O) groups excluding carboxylic acids is 1. The molecule has 1 aromatic heterocycles. The Morgan fingerprint density at radius 1 is 1.42 bits per heavy atom. The van der Waals surface area contributed by atoms with Crippen molar-refractivity contribution in [3.8, 4) is 5.69 Å². The van der Waals surface area contributed by atoms with Crippen LogP contribution in [0.1, 0.15) is 10.5 Å². The number of halogens is 2. The lowest BCUT2D eigenvalue weighted by Gasteiger charge is -2.08. The first kappa shape index (κ1) is 13.8. The standard InChI is InChI=1S/C12H8BrClN2O3/c1-19-12(18)11-10(17)4-5-16(15-11)9-3-2-7(14)6-8(9)13/h2-6H,1H3. The van der Waals surface area contributed by atoms with Crippen LogP contribution in [0.25, 0.3) is 5.69 Å². The van der Waals surface area contributed by atoms with Crippen LogP contribution in [0.3, 0.4) is 0 Å². The molecule has 1 heterocycles. The van der Waals surface area contributed by atoms with E-state index in [1.165, 1.54) is 24.1 Å². The lowest BCUT2D eigenvalue weighted by atomic mass is 10.3. The van der Waals surface area contributed by atoms with Crippen LogP contribution in [0.15, 0.2) is 39.7 Å². The third-order valence-corrected chi connectivity index (χ3v) is 3.21. The van der Waals surface area contributed by atoms with Gasteiger partial charge in [-0.25, -0.2) is 9.48 Å². The molecule has 0 N–H and O–H groups in total. The molecule has 0 spiro atoms. The molecule has 2 aromatic rings. The van der Waals surface area contributed by atoms with E-state index in [-0.39, 0.29) is 5.69 Å². The van der Waals surface area contributed by atoms with Crippen molar-refractivity contribution in [1.82, 2.24) is 9.78 Å². The minimum atomic E-state index is -0.774. The average molecular weight is 344 g/mol. The molecule has 1 aromatic carbocycles. The van der Waals surface area contributed by atoms with Crippen molar-refractivity contribution >= 4 is 33.5 Å². The minimum absolute atomic E-state index is 0.271. The Balaban J connectivity index is 2.57. The van der Waals surface area contributed by atoms with Crippen molar-refractivity contribution < 1.29 is 9.53 Å². The van der Waals surface area contributed by atoms with Crippen LogP contribution in [0.2, 0.25) is 5.02 Å². The van der Waals surface area contributed by atoms with Gasteiger partial charge in [0.05, 0.1) is 12.8 Å². The molecule has 0 aliphatic carbocycles. The number of aromatic nitrogens is 2. The number of carbonyl (C=O) groups is 1. The summed E-state index contributed by atoms with van der Waals surface area (Å²) in [7, 11) is 1.19. The summed E-state index contributed by atoms with van der Waals surface area (Å²) in [4.78, 5) is 23.0. The second kappa shape index (κ2) is 5.54. The highest BCUT2D eigenvalue weighted by atomic mass is 79.9. The van der Waals surface area contributed by atoms with Crippen LogP contribution >= 0.6 is 27.5 Å². The quantitative estimate of drug-likeness (QED) is 0.786. The third-order valence-electron chi connectivity index (χ3n) is 2.34. The van der Waals surface area contributed by atoms with Gasteiger partial charge in [-0.15, -0.1) is 0 Å². The first-order valence-electron chi connectivity index (χ1n) is 5.16. The zero-order valence-electron chi connectivity index (χ0n) is 9.76. The van der Waals surface area contributed by atoms with E-state index in [9.17, 15) is 9.59 Å². The van der Waals surface area contributed by atoms with E-state index in [0.717, 1.165) is 0 Å². The van der Waals surface area contributed by atoms with E-state index in [1.54, 1.807) is 18.2 Å². The molecule has 0 bridgehead atoms. The fourth-order valence-electron chi connectivity index (χ4n) is 1.45. The Morgan fingerprint density at radius 3 is 2.79 bits per heavy atom. The van der Waals surface area contributed by atoms with E-state index in [2.05, 4.69) is 25.8 Å². The van der Waals surface area contributed by atoms with Gasteiger partial charge in [-0.3, -0.25) is 4.79 Å². The summed E-state index contributed by atoms with van der Waals surface area (Å²) >= 11 is 9.19. The van der Waals surface area contributed by atoms with Crippen molar-refractivity contribution in [2.45, 2.75) is 0 Å². The van der Waals surface area contributed by atoms with Gasteiger partial charge >= 0.3 is 5.97 Å². The van der Waals surface area contributed by atoms with E-state index in [4.69, 9.17) is 11.6 Å². The molecular weight excluding hydrogens is 336 g/mol. The van der Waals surface area contributed by atoms with Gasteiger partial charge in [0, 0.05) is 21.8 Å². The van der Waals surface area contributed by atoms with E-state index >= 15 is 0 Å². The number of ether oxygens (including phenoxy) is 1. The fraction of sp³-hybridized carbons (Fsp3) is 0.0833. The fourth-order valence-corrected chi connectivity index (χ4v) is 2.31. The predicted octanol–water partition coefficient (Wildman–Crippen LogP) is 2.44. The Kier molecular flexibility index (Phi) is 4.01. The third kappa shape index (κ3) is 2.85. The normalized spacial score (nSPS) is 10.3. The van der Waals surface area contributed by atoms with E-state index in [1.807, 2.05) is 0 Å². The molecular formula is C12H8BrClN2O3. The average Bonchev–Trinajstić information content (AvgIpc) is 2.39. The molecule has 98 valence electrons. The van der Waals surface area contributed by atoms with Gasteiger partial charge in [-0.1, -0.05) is 11.6 Å². The number of esters is 1. The second-order valence-electron chi connectivity index (χ2n) is 3.56. The van der Waals surface area contributed by atoms with Crippen LogP contribution in [0.4, 0.5) is 0 Å². The predicted molar refractivity (Wildman–Crippen MR) is 73.9 cm³/mol. The van der Waals surface area contributed by atoms with Gasteiger partial charge in [0.2, 0.25) is 11.1 Å². The summed E-state index contributed by atoms with van der Waals surface area (Å²) in [5, 5.41) is 4.52. The first-order chi connectivity index (χ1) is 9.02. The monoisotopic (exact) mass is 342 g/mol. The zero-order valence-corrected chi connectivity index (χ0v) is 12.1. The summed E-state index contributed by atoms with van der Waals surface area (Å²) < 4.78 is 6.59. The molecule has 0 aliphatic heterocycles. The highest BCUT2D eigenvalue weighted by Crippen LogP contribution is 2.23. The molecule has 0 fully saturated rings. The molecule has 0 saturated carbocycles. The number of nitrogens with zero attached hydrogens (tertiary/aromatic N) is 2. The van der Waals surface area contributed by atoms with Crippen LogP contribution in [-0.2, 0) is 4.74 Å². The summed E-state index contributed by atoms with van der Waals surface area (Å²) in [5.74, 6) is -0.774. The second-order valence-corrected chi connectivity index (χ2v) is 4.85. The molecule has 2 rings (SSSR count). The summed E-state index contributed by atoms with van der Waals surface area (Å²) in [5.41, 5.74) is -0.116. The van der Waals surface area contributed by atoms with Crippen LogP contribution < -0.4 is 5.43 Å². The van der Waals surface area contributed by atoms with Crippen molar-refractivity contribution in [3.05, 3.63) is 55.9 Å².